The lowest BCUT2D eigenvalue weighted by molar-refractivity contribution is 0.559. The number of fused-ring (bicyclic) bond motifs is 6. The molecule has 0 N–H and O–H groups in total. The fourth-order valence-electron chi connectivity index (χ4n) is 3.27. The first-order chi connectivity index (χ1) is 12.1. The van der Waals surface area contributed by atoms with Gasteiger partial charge in [-0.15, -0.1) is 0 Å². The van der Waals surface area contributed by atoms with Gasteiger partial charge in [-0.3, -0.25) is 4.79 Å². The maximum atomic E-state index is 12.3. The molecule has 5 nitrogen and oxygen atoms in total. The van der Waals surface area contributed by atoms with Crippen LogP contribution in [0.1, 0.15) is 5.56 Å². The summed E-state index contributed by atoms with van der Waals surface area (Å²) in [5.41, 5.74) is 2.16. The molecule has 5 heteroatoms. The third-order valence-corrected chi connectivity index (χ3v) is 4.44. The monoisotopic (exact) mass is 329 g/mol. The number of aryl methyl sites for hydroxylation is 1. The van der Waals surface area contributed by atoms with Gasteiger partial charge in [0.15, 0.2) is 22.4 Å². The van der Waals surface area contributed by atoms with Gasteiger partial charge in [0.1, 0.15) is 11.2 Å². The SMILES string of the molecule is Cc1cc(=O)oc2c1ccc1oc3cc(=O)c4ccccc4c-3nc12. The van der Waals surface area contributed by atoms with Crippen LogP contribution in [0.25, 0.3) is 44.3 Å². The van der Waals surface area contributed by atoms with E-state index in [4.69, 9.17) is 13.8 Å². The highest BCUT2D eigenvalue weighted by Crippen LogP contribution is 2.33. The van der Waals surface area contributed by atoms with Crippen molar-refractivity contribution in [2.45, 2.75) is 6.92 Å². The molecule has 1 aromatic heterocycles. The van der Waals surface area contributed by atoms with Crippen molar-refractivity contribution < 1.29 is 8.83 Å². The summed E-state index contributed by atoms with van der Waals surface area (Å²) in [6.45, 7) is 1.85. The Morgan fingerprint density at radius 2 is 1.68 bits per heavy atom. The van der Waals surface area contributed by atoms with Crippen molar-refractivity contribution in [2.24, 2.45) is 0 Å². The van der Waals surface area contributed by atoms with Gasteiger partial charge in [-0.25, -0.2) is 9.78 Å². The third kappa shape index (κ3) is 1.92. The molecule has 120 valence electrons. The highest BCUT2D eigenvalue weighted by Gasteiger charge is 2.17. The number of hydrogen-bond acceptors (Lipinski definition) is 5. The lowest BCUT2D eigenvalue weighted by Crippen LogP contribution is -2.04. The Labute approximate surface area is 140 Å². The highest BCUT2D eigenvalue weighted by molar-refractivity contribution is 6.03. The van der Waals surface area contributed by atoms with Crippen LogP contribution in [0.4, 0.5) is 0 Å². The van der Waals surface area contributed by atoms with Crippen molar-refractivity contribution in [2.75, 3.05) is 0 Å². The Bertz CT molecular complexity index is 1390. The number of hydrogen-bond donors (Lipinski definition) is 0. The molecule has 0 unspecified atom stereocenters. The molecule has 1 aliphatic heterocycles. The molecular formula is C20H11NO4. The van der Waals surface area contributed by atoms with Gasteiger partial charge in [-0.2, -0.15) is 0 Å². The van der Waals surface area contributed by atoms with Crippen LogP contribution in [-0.2, 0) is 0 Å². The fraction of sp³-hybridized carbons (Fsp3) is 0.0500. The van der Waals surface area contributed by atoms with E-state index in [0.29, 0.717) is 38.9 Å². The molecule has 1 aliphatic carbocycles. The Balaban J connectivity index is 2.07. The second-order valence-corrected chi connectivity index (χ2v) is 6.02. The molecule has 5 rings (SSSR count). The van der Waals surface area contributed by atoms with Gasteiger partial charge in [0, 0.05) is 28.3 Å². The zero-order valence-electron chi connectivity index (χ0n) is 13.2. The van der Waals surface area contributed by atoms with Gasteiger partial charge in [0.05, 0.1) is 0 Å². The molecule has 0 fully saturated rings. The van der Waals surface area contributed by atoms with E-state index >= 15 is 0 Å². The number of rotatable bonds is 0. The topological polar surface area (TPSA) is 73.3 Å². The Morgan fingerprint density at radius 3 is 2.52 bits per heavy atom. The van der Waals surface area contributed by atoms with Crippen LogP contribution in [0.3, 0.4) is 0 Å². The minimum Gasteiger partial charge on any atom is -0.452 e. The summed E-state index contributed by atoms with van der Waals surface area (Å²) in [5.74, 6) is 0.408. The molecular weight excluding hydrogens is 318 g/mol. The molecule has 0 saturated carbocycles. The zero-order chi connectivity index (χ0) is 17.1. The van der Waals surface area contributed by atoms with Gasteiger partial charge in [0.25, 0.3) is 0 Å². The first kappa shape index (κ1) is 13.9. The molecule has 0 radical (unpaired) electrons. The van der Waals surface area contributed by atoms with E-state index in [1.165, 1.54) is 12.1 Å². The highest BCUT2D eigenvalue weighted by atomic mass is 16.4. The molecule has 0 spiro atoms. The summed E-state index contributed by atoms with van der Waals surface area (Å²) in [5, 5.41) is 2.09. The Hall–Kier alpha value is -3.47. The number of nitrogens with zero attached hydrogens (tertiary/aromatic N) is 1. The molecule has 3 aromatic rings. The predicted molar refractivity (Wildman–Crippen MR) is 95.2 cm³/mol. The number of aromatic nitrogens is 1. The van der Waals surface area contributed by atoms with Crippen molar-refractivity contribution in [3.8, 4) is 11.5 Å². The zero-order valence-corrected chi connectivity index (χ0v) is 13.2. The normalized spacial score (nSPS) is 11.7. The summed E-state index contributed by atoms with van der Waals surface area (Å²) in [6.07, 6.45) is 0. The first-order valence-corrected chi connectivity index (χ1v) is 7.81. The largest absolute Gasteiger partial charge is 0.452 e. The van der Waals surface area contributed by atoms with Crippen molar-refractivity contribution in [3.05, 3.63) is 74.7 Å². The van der Waals surface area contributed by atoms with E-state index < -0.39 is 5.63 Å². The quantitative estimate of drug-likeness (QED) is 0.245. The summed E-state index contributed by atoms with van der Waals surface area (Å²) >= 11 is 0. The lowest BCUT2D eigenvalue weighted by Gasteiger charge is -2.10. The molecule has 2 aliphatic rings. The third-order valence-electron chi connectivity index (χ3n) is 4.44. The minimum absolute atomic E-state index is 0.115. The van der Waals surface area contributed by atoms with Gasteiger partial charge in [-0.05, 0) is 24.6 Å². The maximum Gasteiger partial charge on any atom is 0.336 e. The van der Waals surface area contributed by atoms with E-state index in [1.807, 2.05) is 31.2 Å². The van der Waals surface area contributed by atoms with Crippen molar-refractivity contribution in [1.82, 2.24) is 4.98 Å². The lowest BCUT2D eigenvalue weighted by atomic mass is 10.0. The summed E-state index contributed by atoms with van der Waals surface area (Å²) in [6, 6.07) is 13.7. The second kappa shape index (κ2) is 4.77. The standard InChI is InChI=1S/C20H11NO4/c1-10-8-17(23)25-20-11(10)6-7-15-19(20)21-18-13-5-3-2-4-12(13)14(22)9-16(18)24-15/h2-9H,1H3. The van der Waals surface area contributed by atoms with Crippen LogP contribution in [0.2, 0.25) is 0 Å². The van der Waals surface area contributed by atoms with Crippen LogP contribution in [0.5, 0.6) is 0 Å². The molecule has 2 aromatic carbocycles. The van der Waals surface area contributed by atoms with Crippen LogP contribution >= 0.6 is 0 Å². The molecule has 2 heterocycles. The minimum atomic E-state index is -0.431. The maximum absolute atomic E-state index is 12.3. The Kier molecular flexibility index (Phi) is 2.65. The van der Waals surface area contributed by atoms with Gasteiger partial charge in [0.2, 0.25) is 0 Å². The van der Waals surface area contributed by atoms with Crippen LogP contribution < -0.4 is 11.1 Å². The van der Waals surface area contributed by atoms with Gasteiger partial charge >= 0.3 is 5.63 Å². The van der Waals surface area contributed by atoms with Gasteiger partial charge < -0.3 is 8.83 Å². The first-order valence-electron chi connectivity index (χ1n) is 7.81. The van der Waals surface area contributed by atoms with E-state index in [-0.39, 0.29) is 5.43 Å². The molecule has 0 saturated heterocycles. The average Bonchev–Trinajstić information content (AvgIpc) is 2.60. The smallest absolute Gasteiger partial charge is 0.336 e. The van der Waals surface area contributed by atoms with E-state index in [2.05, 4.69) is 0 Å². The molecule has 25 heavy (non-hydrogen) atoms. The Morgan fingerprint density at radius 1 is 0.880 bits per heavy atom. The van der Waals surface area contributed by atoms with E-state index in [9.17, 15) is 9.59 Å². The van der Waals surface area contributed by atoms with E-state index in [1.54, 1.807) is 12.1 Å². The van der Waals surface area contributed by atoms with Crippen LogP contribution in [0, 0.1) is 6.92 Å². The van der Waals surface area contributed by atoms with Gasteiger partial charge in [-0.1, -0.05) is 24.3 Å². The predicted octanol–water partition coefficient (Wildman–Crippen LogP) is 3.86. The summed E-state index contributed by atoms with van der Waals surface area (Å²) in [4.78, 5) is 28.8. The molecule has 0 bridgehead atoms. The molecule has 0 atom stereocenters. The summed E-state index contributed by atoms with van der Waals surface area (Å²) in [7, 11) is 0. The van der Waals surface area contributed by atoms with Crippen molar-refractivity contribution >= 4 is 32.8 Å². The summed E-state index contributed by atoms with van der Waals surface area (Å²) < 4.78 is 11.3. The fourth-order valence-corrected chi connectivity index (χ4v) is 3.27. The van der Waals surface area contributed by atoms with Crippen LogP contribution in [-0.4, -0.2) is 4.98 Å². The van der Waals surface area contributed by atoms with Crippen molar-refractivity contribution in [3.63, 3.8) is 0 Å². The van der Waals surface area contributed by atoms with Crippen molar-refractivity contribution in [1.29, 1.82) is 0 Å². The average molecular weight is 329 g/mol. The number of benzene rings is 3. The molecule has 0 amide bonds. The van der Waals surface area contributed by atoms with E-state index in [0.717, 1.165) is 10.9 Å². The second-order valence-electron chi connectivity index (χ2n) is 6.02. The van der Waals surface area contributed by atoms with Crippen LogP contribution in [0.15, 0.2) is 67.0 Å².